The van der Waals surface area contributed by atoms with E-state index in [-0.39, 0.29) is 6.54 Å². The third-order valence-electron chi connectivity index (χ3n) is 4.44. The standard InChI is InChI=1S/C17H20F2N2O2S2/c18-14-3-4-15(19)17(12-14)25(22,23)20-7-10-21-8-5-13(6-9-21)16-2-1-11-24-16/h1-4,11-13,20H,5-10H2. The second-order valence-electron chi connectivity index (χ2n) is 6.10. The van der Waals surface area contributed by atoms with Crippen LogP contribution in [0.25, 0.3) is 0 Å². The highest BCUT2D eigenvalue weighted by molar-refractivity contribution is 7.89. The van der Waals surface area contributed by atoms with E-state index in [1.165, 1.54) is 4.88 Å². The van der Waals surface area contributed by atoms with E-state index in [0.29, 0.717) is 18.5 Å². The van der Waals surface area contributed by atoms with Gasteiger partial charge in [0.15, 0.2) is 0 Å². The van der Waals surface area contributed by atoms with Gasteiger partial charge in [-0.2, -0.15) is 0 Å². The molecule has 25 heavy (non-hydrogen) atoms. The molecule has 0 amide bonds. The lowest BCUT2D eigenvalue weighted by atomic mass is 9.95. The molecule has 2 heterocycles. The van der Waals surface area contributed by atoms with Crippen molar-refractivity contribution in [2.45, 2.75) is 23.7 Å². The smallest absolute Gasteiger partial charge is 0.243 e. The third-order valence-corrected chi connectivity index (χ3v) is 6.95. The molecule has 1 aliphatic rings. The van der Waals surface area contributed by atoms with E-state index in [0.717, 1.165) is 38.1 Å². The number of nitrogens with one attached hydrogen (secondary N) is 1. The van der Waals surface area contributed by atoms with Gasteiger partial charge in [-0.3, -0.25) is 0 Å². The second kappa shape index (κ2) is 7.90. The first-order valence-electron chi connectivity index (χ1n) is 8.16. The van der Waals surface area contributed by atoms with Crippen molar-refractivity contribution in [3.63, 3.8) is 0 Å². The molecule has 3 rings (SSSR count). The van der Waals surface area contributed by atoms with Crippen molar-refractivity contribution >= 4 is 21.4 Å². The van der Waals surface area contributed by atoms with Gasteiger partial charge in [-0.25, -0.2) is 21.9 Å². The van der Waals surface area contributed by atoms with E-state index < -0.39 is 26.6 Å². The summed E-state index contributed by atoms with van der Waals surface area (Å²) in [7, 11) is -4.05. The number of benzene rings is 1. The minimum absolute atomic E-state index is 0.169. The SMILES string of the molecule is O=S(=O)(NCCN1CCC(c2cccs2)CC1)c1cc(F)ccc1F. The zero-order chi connectivity index (χ0) is 17.9. The highest BCUT2D eigenvalue weighted by atomic mass is 32.2. The summed E-state index contributed by atoms with van der Waals surface area (Å²) in [6, 6.07) is 6.63. The Labute approximate surface area is 150 Å². The van der Waals surface area contributed by atoms with E-state index in [4.69, 9.17) is 0 Å². The van der Waals surface area contributed by atoms with Crippen molar-refractivity contribution < 1.29 is 17.2 Å². The van der Waals surface area contributed by atoms with Gasteiger partial charge in [0.1, 0.15) is 16.5 Å². The summed E-state index contributed by atoms with van der Waals surface area (Å²) >= 11 is 1.78. The topological polar surface area (TPSA) is 49.4 Å². The first-order valence-corrected chi connectivity index (χ1v) is 10.5. The molecule has 0 bridgehead atoms. The highest BCUT2D eigenvalue weighted by Crippen LogP contribution is 2.30. The Hall–Kier alpha value is -1.35. The number of rotatable bonds is 6. The van der Waals surface area contributed by atoms with Crippen molar-refractivity contribution in [1.82, 2.24) is 9.62 Å². The summed E-state index contributed by atoms with van der Waals surface area (Å²) in [4.78, 5) is 2.94. The molecule has 1 N–H and O–H groups in total. The van der Waals surface area contributed by atoms with Crippen LogP contribution in [0.15, 0.2) is 40.6 Å². The van der Waals surface area contributed by atoms with E-state index in [9.17, 15) is 17.2 Å². The summed E-state index contributed by atoms with van der Waals surface area (Å²) < 4.78 is 53.4. The summed E-state index contributed by atoms with van der Waals surface area (Å²) in [5, 5.41) is 2.09. The van der Waals surface area contributed by atoms with Crippen LogP contribution in [-0.4, -0.2) is 39.5 Å². The molecular weight excluding hydrogens is 366 g/mol. The molecule has 1 aromatic heterocycles. The van der Waals surface area contributed by atoms with Crippen molar-refractivity contribution in [3.8, 4) is 0 Å². The highest BCUT2D eigenvalue weighted by Gasteiger charge is 2.23. The van der Waals surface area contributed by atoms with Crippen molar-refractivity contribution in [3.05, 3.63) is 52.2 Å². The van der Waals surface area contributed by atoms with Crippen LogP contribution >= 0.6 is 11.3 Å². The van der Waals surface area contributed by atoms with Gasteiger partial charge in [-0.15, -0.1) is 11.3 Å². The summed E-state index contributed by atoms with van der Waals surface area (Å²) in [6.45, 7) is 2.52. The number of piperidine rings is 1. The minimum atomic E-state index is -4.05. The maximum absolute atomic E-state index is 13.6. The predicted octanol–water partition coefficient (Wildman–Crippen LogP) is 3.18. The molecule has 4 nitrogen and oxygen atoms in total. The number of nitrogens with zero attached hydrogens (tertiary/aromatic N) is 1. The van der Waals surface area contributed by atoms with Gasteiger partial charge >= 0.3 is 0 Å². The lowest BCUT2D eigenvalue weighted by molar-refractivity contribution is 0.217. The second-order valence-corrected chi connectivity index (χ2v) is 8.82. The fraction of sp³-hybridized carbons (Fsp3) is 0.412. The summed E-state index contributed by atoms with van der Waals surface area (Å²) in [5.74, 6) is -1.16. The Kier molecular flexibility index (Phi) is 5.83. The average molecular weight is 386 g/mol. The number of halogens is 2. The predicted molar refractivity (Wildman–Crippen MR) is 94.3 cm³/mol. The number of hydrogen-bond acceptors (Lipinski definition) is 4. The van der Waals surface area contributed by atoms with E-state index in [1.54, 1.807) is 11.3 Å². The Morgan fingerprint density at radius 1 is 1.20 bits per heavy atom. The van der Waals surface area contributed by atoms with Gasteiger partial charge in [-0.1, -0.05) is 6.07 Å². The molecule has 0 aliphatic carbocycles. The van der Waals surface area contributed by atoms with E-state index in [1.807, 2.05) is 0 Å². The van der Waals surface area contributed by atoms with Crippen LogP contribution in [0, 0.1) is 11.6 Å². The lowest BCUT2D eigenvalue weighted by Crippen LogP contribution is -2.39. The molecule has 1 fully saturated rings. The number of thiophene rings is 1. The van der Waals surface area contributed by atoms with Crippen LogP contribution in [-0.2, 0) is 10.0 Å². The molecule has 0 spiro atoms. The number of sulfonamides is 1. The molecule has 0 atom stereocenters. The maximum atomic E-state index is 13.6. The molecule has 1 aromatic carbocycles. The van der Waals surface area contributed by atoms with Crippen LogP contribution in [0.1, 0.15) is 23.6 Å². The van der Waals surface area contributed by atoms with Gasteiger partial charge in [-0.05, 0) is 61.5 Å². The number of likely N-dealkylation sites (tertiary alicyclic amines) is 1. The Bertz CT molecular complexity index is 802. The fourth-order valence-corrected chi connectivity index (χ4v) is 5.07. The van der Waals surface area contributed by atoms with Gasteiger partial charge in [0, 0.05) is 18.0 Å². The first-order chi connectivity index (χ1) is 12.0. The molecule has 0 unspecified atom stereocenters. The van der Waals surface area contributed by atoms with E-state index in [2.05, 4.69) is 27.1 Å². The van der Waals surface area contributed by atoms with Crippen LogP contribution in [0.2, 0.25) is 0 Å². The molecule has 1 aliphatic heterocycles. The Balaban J connectivity index is 1.49. The van der Waals surface area contributed by atoms with E-state index >= 15 is 0 Å². The average Bonchev–Trinajstić information content (AvgIpc) is 3.12. The van der Waals surface area contributed by atoms with Gasteiger partial charge in [0.05, 0.1) is 0 Å². The molecule has 0 saturated carbocycles. The maximum Gasteiger partial charge on any atom is 0.243 e. The molecular formula is C17H20F2N2O2S2. The molecule has 8 heteroatoms. The molecule has 136 valence electrons. The van der Waals surface area contributed by atoms with Crippen molar-refractivity contribution in [2.24, 2.45) is 0 Å². The summed E-state index contributed by atoms with van der Waals surface area (Å²) in [6.07, 6.45) is 2.09. The van der Waals surface area contributed by atoms with Crippen LogP contribution < -0.4 is 4.72 Å². The van der Waals surface area contributed by atoms with Crippen LogP contribution in [0.4, 0.5) is 8.78 Å². The summed E-state index contributed by atoms with van der Waals surface area (Å²) in [5.41, 5.74) is 0. The van der Waals surface area contributed by atoms with Crippen LogP contribution in [0.3, 0.4) is 0 Å². The number of hydrogen-bond donors (Lipinski definition) is 1. The Morgan fingerprint density at radius 3 is 2.64 bits per heavy atom. The van der Waals surface area contributed by atoms with Gasteiger partial charge in [0.25, 0.3) is 0 Å². The zero-order valence-corrected chi connectivity index (χ0v) is 15.3. The largest absolute Gasteiger partial charge is 0.302 e. The van der Waals surface area contributed by atoms with Gasteiger partial charge < -0.3 is 4.90 Å². The molecule has 2 aromatic rings. The quantitative estimate of drug-likeness (QED) is 0.830. The monoisotopic (exact) mass is 386 g/mol. The Morgan fingerprint density at radius 2 is 1.96 bits per heavy atom. The molecule has 0 radical (unpaired) electrons. The van der Waals surface area contributed by atoms with Gasteiger partial charge in [0.2, 0.25) is 10.0 Å². The third kappa shape index (κ3) is 4.63. The zero-order valence-electron chi connectivity index (χ0n) is 13.6. The van der Waals surface area contributed by atoms with Crippen molar-refractivity contribution in [2.75, 3.05) is 26.2 Å². The first kappa shape index (κ1) is 18.4. The molecule has 1 saturated heterocycles. The normalized spacial score (nSPS) is 17.0. The van der Waals surface area contributed by atoms with Crippen molar-refractivity contribution in [1.29, 1.82) is 0 Å². The van der Waals surface area contributed by atoms with Crippen LogP contribution in [0.5, 0.6) is 0 Å². The minimum Gasteiger partial charge on any atom is -0.302 e. The fourth-order valence-electron chi connectivity index (χ4n) is 3.06. The lowest BCUT2D eigenvalue weighted by Gasteiger charge is -2.31.